The van der Waals surface area contributed by atoms with E-state index in [9.17, 15) is 0 Å². The summed E-state index contributed by atoms with van der Waals surface area (Å²) in [4.78, 5) is 0. The van der Waals surface area contributed by atoms with Crippen molar-refractivity contribution in [2.24, 2.45) is 0 Å². The number of unbranched alkanes of at least 4 members (excludes halogenated alkanes) is 3. The van der Waals surface area contributed by atoms with Gasteiger partial charge in [-0.25, -0.2) is 0 Å². The van der Waals surface area contributed by atoms with Gasteiger partial charge in [-0.2, -0.15) is 0 Å². The third-order valence-corrected chi connectivity index (χ3v) is 2.24. The summed E-state index contributed by atoms with van der Waals surface area (Å²) < 4.78 is 1.87. The molecule has 1 rings (SSSR count). The Bertz CT molecular complexity index is 235. The topological polar surface area (TPSA) is 30.7 Å². The van der Waals surface area contributed by atoms with Crippen LogP contribution in [0.4, 0.5) is 0 Å². The molecule has 0 aromatic carbocycles. The number of alkyl halides is 1. The second kappa shape index (κ2) is 5.97. The number of aromatic nitrogens is 3. The van der Waals surface area contributed by atoms with Crippen molar-refractivity contribution in [2.45, 2.75) is 45.0 Å². The summed E-state index contributed by atoms with van der Waals surface area (Å²) in [5.74, 6) is 0.453. The molecule has 1 aromatic heterocycles. The van der Waals surface area contributed by atoms with Crippen LogP contribution in [-0.2, 0) is 12.4 Å². The Kier molecular flexibility index (Phi) is 4.83. The van der Waals surface area contributed by atoms with Crippen molar-refractivity contribution in [1.82, 2.24) is 15.0 Å². The molecule has 74 valence electrons. The molecule has 0 aliphatic rings. The van der Waals surface area contributed by atoms with Gasteiger partial charge in [0.2, 0.25) is 0 Å². The van der Waals surface area contributed by atoms with Gasteiger partial charge >= 0.3 is 0 Å². The first kappa shape index (κ1) is 10.5. The Morgan fingerprint density at radius 2 is 2.23 bits per heavy atom. The molecule has 13 heavy (non-hydrogen) atoms. The molecule has 0 N–H and O–H groups in total. The number of nitrogens with zero attached hydrogens (tertiary/aromatic N) is 3. The van der Waals surface area contributed by atoms with E-state index in [2.05, 4.69) is 17.2 Å². The molecule has 1 aromatic rings. The van der Waals surface area contributed by atoms with Gasteiger partial charge in [0.15, 0.2) is 0 Å². The highest BCUT2D eigenvalue weighted by Crippen LogP contribution is 2.02. The van der Waals surface area contributed by atoms with Crippen molar-refractivity contribution in [1.29, 1.82) is 0 Å². The molecule has 0 fully saturated rings. The summed E-state index contributed by atoms with van der Waals surface area (Å²) in [6, 6.07) is 0. The molecule has 4 heteroatoms. The van der Waals surface area contributed by atoms with E-state index in [1.165, 1.54) is 25.7 Å². The summed E-state index contributed by atoms with van der Waals surface area (Å²) >= 11 is 5.61. The molecule has 0 saturated heterocycles. The minimum Gasteiger partial charge on any atom is -0.252 e. The number of halogens is 1. The van der Waals surface area contributed by atoms with E-state index in [1.54, 1.807) is 0 Å². The SMILES string of the molecule is CCCCCCn1cc(CCl)nn1. The molecule has 0 unspecified atom stereocenters. The third kappa shape index (κ3) is 3.77. The van der Waals surface area contributed by atoms with Crippen molar-refractivity contribution in [2.75, 3.05) is 0 Å². The zero-order valence-electron chi connectivity index (χ0n) is 8.04. The zero-order valence-corrected chi connectivity index (χ0v) is 8.80. The largest absolute Gasteiger partial charge is 0.252 e. The number of hydrogen-bond acceptors (Lipinski definition) is 2. The molecule has 0 bridgehead atoms. The first-order chi connectivity index (χ1) is 6.36. The standard InChI is InChI=1S/C9H16ClN3/c1-2-3-4-5-6-13-8-9(7-10)11-12-13/h8H,2-7H2,1H3. The van der Waals surface area contributed by atoms with Crippen LogP contribution in [0.2, 0.25) is 0 Å². The average Bonchev–Trinajstić information content (AvgIpc) is 2.60. The van der Waals surface area contributed by atoms with E-state index in [1.807, 2.05) is 10.9 Å². The Balaban J connectivity index is 2.20. The smallest absolute Gasteiger partial charge is 0.0974 e. The minimum atomic E-state index is 0.453. The van der Waals surface area contributed by atoms with Crippen molar-refractivity contribution in [3.63, 3.8) is 0 Å². The zero-order chi connectivity index (χ0) is 9.52. The highest BCUT2D eigenvalue weighted by Gasteiger charge is 1.97. The number of hydrogen-bond donors (Lipinski definition) is 0. The highest BCUT2D eigenvalue weighted by atomic mass is 35.5. The van der Waals surface area contributed by atoms with Crippen LogP contribution in [0.5, 0.6) is 0 Å². The lowest BCUT2D eigenvalue weighted by Gasteiger charge is -1.98. The fraction of sp³-hybridized carbons (Fsp3) is 0.778. The Morgan fingerprint density at radius 3 is 2.85 bits per heavy atom. The molecule has 0 saturated carbocycles. The van der Waals surface area contributed by atoms with Gasteiger partial charge in [-0.1, -0.05) is 31.4 Å². The lowest BCUT2D eigenvalue weighted by atomic mass is 10.2. The van der Waals surface area contributed by atoms with E-state index < -0.39 is 0 Å². The fourth-order valence-electron chi connectivity index (χ4n) is 1.21. The van der Waals surface area contributed by atoms with Gasteiger partial charge < -0.3 is 0 Å². The third-order valence-electron chi connectivity index (χ3n) is 1.96. The van der Waals surface area contributed by atoms with Gasteiger partial charge in [-0.15, -0.1) is 16.7 Å². The molecule has 0 atom stereocenters. The summed E-state index contributed by atoms with van der Waals surface area (Å²) in [5, 5.41) is 7.88. The normalized spacial score (nSPS) is 10.6. The van der Waals surface area contributed by atoms with Crippen LogP contribution in [0.25, 0.3) is 0 Å². The molecule has 0 aliphatic carbocycles. The quantitative estimate of drug-likeness (QED) is 0.523. The highest BCUT2D eigenvalue weighted by molar-refractivity contribution is 6.16. The van der Waals surface area contributed by atoms with Crippen molar-refractivity contribution < 1.29 is 0 Å². The number of aryl methyl sites for hydroxylation is 1. The van der Waals surface area contributed by atoms with Crippen LogP contribution in [0, 0.1) is 0 Å². The summed E-state index contributed by atoms with van der Waals surface area (Å²) in [7, 11) is 0. The predicted octanol–water partition coefficient (Wildman–Crippen LogP) is 2.60. The Hall–Kier alpha value is -0.570. The molecular weight excluding hydrogens is 186 g/mol. The fourth-order valence-corrected chi connectivity index (χ4v) is 1.33. The van der Waals surface area contributed by atoms with E-state index in [0.717, 1.165) is 12.2 Å². The number of rotatable bonds is 6. The maximum atomic E-state index is 5.61. The van der Waals surface area contributed by atoms with Crippen LogP contribution >= 0.6 is 11.6 Å². The second-order valence-electron chi connectivity index (χ2n) is 3.17. The molecule has 0 radical (unpaired) electrons. The molecule has 0 amide bonds. The first-order valence-electron chi connectivity index (χ1n) is 4.81. The molecule has 0 spiro atoms. The second-order valence-corrected chi connectivity index (χ2v) is 3.43. The van der Waals surface area contributed by atoms with Gasteiger partial charge in [0.25, 0.3) is 0 Å². The van der Waals surface area contributed by atoms with Gasteiger partial charge in [0, 0.05) is 12.7 Å². The van der Waals surface area contributed by atoms with Crippen LogP contribution < -0.4 is 0 Å². The molecule has 1 heterocycles. The first-order valence-corrected chi connectivity index (χ1v) is 5.35. The van der Waals surface area contributed by atoms with Crippen molar-refractivity contribution in [3.8, 4) is 0 Å². The monoisotopic (exact) mass is 201 g/mol. The van der Waals surface area contributed by atoms with Crippen LogP contribution in [0.15, 0.2) is 6.20 Å². The lowest BCUT2D eigenvalue weighted by molar-refractivity contribution is 0.527. The van der Waals surface area contributed by atoms with E-state index in [0.29, 0.717) is 5.88 Å². The van der Waals surface area contributed by atoms with Gasteiger partial charge in [-0.3, -0.25) is 4.68 Å². The van der Waals surface area contributed by atoms with E-state index in [4.69, 9.17) is 11.6 Å². The summed E-state index contributed by atoms with van der Waals surface area (Å²) in [6.45, 7) is 3.17. The van der Waals surface area contributed by atoms with Crippen LogP contribution in [0.3, 0.4) is 0 Å². The predicted molar refractivity (Wildman–Crippen MR) is 53.7 cm³/mol. The molecular formula is C9H16ClN3. The molecule has 3 nitrogen and oxygen atoms in total. The summed E-state index contributed by atoms with van der Waals surface area (Å²) in [5.41, 5.74) is 0.858. The Labute approximate surface area is 84.1 Å². The van der Waals surface area contributed by atoms with Crippen molar-refractivity contribution >= 4 is 11.6 Å². The summed E-state index contributed by atoms with van der Waals surface area (Å²) in [6.07, 6.45) is 6.94. The van der Waals surface area contributed by atoms with Gasteiger partial charge in [0.1, 0.15) is 0 Å². The van der Waals surface area contributed by atoms with Crippen LogP contribution in [-0.4, -0.2) is 15.0 Å². The maximum Gasteiger partial charge on any atom is 0.0974 e. The van der Waals surface area contributed by atoms with Crippen LogP contribution in [0.1, 0.15) is 38.3 Å². The molecule has 0 aliphatic heterocycles. The minimum absolute atomic E-state index is 0.453. The van der Waals surface area contributed by atoms with Gasteiger partial charge in [-0.05, 0) is 6.42 Å². The van der Waals surface area contributed by atoms with Gasteiger partial charge in [0.05, 0.1) is 11.6 Å². The van der Waals surface area contributed by atoms with Crippen molar-refractivity contribution in [3.05, 3.63) is 11.9 Å². The Morgan fingerprint density at radius 1 is 1.38 bits per heavy atom. The van der Waals surface area contributed by atoms with E-state index >= 15 is 0 Å². The average molecular weight is 202 g/mol. The van der Waals surface area contributed by atoms with E-state index in [-0.39, 0.29) is 0 Å². The maximum absolute atomic E-state index is 5.61. The lowest BCUT2D eigenvalue weighted by Crippen LogP contribution is -1.98.